The molecule has 2 heterocycles. The number of benzene rings is 1. The highest BCUT2D eigenvalue weighted by Crippen LogP contribution is 2.21. The summed E-state index contributed by atoms with van der Waals surface area (Å²) in [4.78, 5) is 12.6. The van der Waals surface area contributed by atoms with Crippen LogP contribution in [0.1, 0.15) is 18.7 Å². The van der Waals surface area contributed by atoms with Crippen molar-refractivity contribution in [3.63, 3.8) is 0 Å². The highest BCUT2D eigenvalue weighted by molar-refractivity contribution is 7.89. The number of amides is 1. The number of carbonyl (C=O) groups is 1. The highest BCUT2D eigenvalue weighted by atomic mass is 35.5. The van der Waals surface area contributed by atoms with E-state index in [1.165, 1.54) is 27.3 Å². The van der Waals surface area contributed by atoms with E-state index in [4.69, 9.17) is 16.3 Å². The van der Waals surface area contributed by atoms with E-state index in [-0.39, 0.29) is 10.8 Å². The number of halogens is 1. The topological polar surface area (TPSA) is 93.5 Å². The van der Waals surface area contributed by atoms with Gasteiger partial charge in [0.05, 0.1) is 35.0 Å². The van der Waals surface area contributed by atoms with Crippen LogP contribution >= 0.6 is 11.6 Å². The first-order valence-electron chi connectivity index (χ1n) is 8.49. The lowest BCUT2D eigenvalue weighted by atomic mass is 10.2. The van der Waals surface area contributed by atoms with Crippen molar-refractivity contribution in [2.45, 2.75) is 24.8 Å². The minimum atomic E-state index is -3.56. The number of sulfonamides is 1. The summed E-state index contributed by atoms with van der Waals surface area (Å²) in [6, 6.07) is 5.55. The molecule has 2 aromatic rings. The van der Waals surface area contributed by atoms with Gasteiger partial charge in [-0.05, 0) is 38.1 Å². The van der Waals surface area contributed by atoms with Gasteiger partial charge in [0.25, 0.3) is 0 Å². The summed E-state index contributed by atoms with van der Waals surface area (Å²) in [6.07, 6.45) is 1.49. The fourth-order valence-corrected chi connectivity index (χ4v) is 4.34. The van der Waals surface area contributed by atoms with Gasteiger partial charge in [-0.2, -0.15) is 9.40 Å². The van der Waals surface area contributed by atoms with Crippen LogP contribution in [-0.4, -0.2) is 54.7 Å². The number of hydrogen-bond donors (Lipinski definition) is 1. The molecule has 1 amide bonds. The van der Waals surface area contributed by atoms with Crippen molar-refractivity contribution in [3.05, 3.63) is 41.2 Å². The predicted octanol–water partition coefficient (Wildman–Crippen LogP) is 2.07. The molecule has 1 unspecified atom stereocenters. The number of hydrogen-bond acceptors (Lipinski definition) is 5. The number of morpholine rings is 1. The Hall–Kier alpha value is -1.94. The third-order valence-electron chi connectivity index (χ3n) is 4.46. The van der Waals surface area contributed by atoms with Crippen LogP contribution in [0.4, 0.5) is 5.69 Å². The molecule has 8 nitrogen and oxygen atoms in total. The van der Waals surface area contributed by atoms with Gasteiger partial charge >= 0.3 is 0 Å². The van der Waals surface area contributed by atoms with E-state index in [9.17, 15) is 13.2 Å². The highest BCUT2D eigenvalue weighted by Gasteiger charge is 2.26. The Morgan fingerprint density at radius 2 is 1.89 bits per heavy atom. The van der Waals surface area contributed by atoms with Crippen LogP contribution in [0, 0.1) is 6.92 Å². The normalized spacial score (nSPS) is 16.9. The molecule has 0 aliphatic carbocycles. The van der Waals surface area contributed by atoms with Crippen LogP contribution in [-0.2, 0) is 19.6 Å². The second kappa shape index (κ2) is 7.97. The van der Waals surface area contributed by atoms with Crippen LogP contribution in [0.5, 0.6) is 0 Å². The van der Waals surface area contributed by atoms with E-state index < -0.39 is 16.1 Å². The van der Waals surface area contributed by atoms with Gasteiger partial charge in [-0.25, -0.2) is 8.42 Å². The Labute approximate surface area is 163 Å². The fourth-order valence-electron chi connectivity index (χ4n) is 2.80. The van der Waals surface area contributed by atoms with E-state index in [1.807, 2.05) is 0 Å². The van der Waals surface area contributed by atoms with Crippen LogP contribution < -0.4 is 5.32 Å². The lowest BCUT2D eigenvalue weighted by molar-refractivity contribution is -0.119. The molecule has 0 bridgehead atoms. The maximum absolute atomic E-state index is 12.6. The molecular weight excluding hydrogens is 392 g/mol. The van der Waals surface area contributed by atoms with E-state index in [2.05, 4.69) is 10.4 Å². The summed E-state index contributed by atoms with van der Waals surface area (Å²) < 4.78 is 33.4. The summed E-state index contributed by atoms with van der Waals surface area (Å²) in [5.74, 6) is -0.276. The second-order valence-electron chi connectivity index (χ2n) is 6.23. The SMILES string of the molecule is Cc1c(Cl)cnn1C(C)C(=O)Nc1ccc(S(=O)(=O)N2CCOCC2)cc1. The number of rotatable bonds is 5. The molecule has 1 aliphatic rings. The van der Waals surface area contributed by atoms with E-state index in [1.54, 1.807) is 26.0 Å². The van der Waals surface area contributed by atoms with Gasteiger partial charge in [-0.15, -0.1) is 0 Å². The minimum absolute atomic E-state index is 0.185. The van der Waals surface area contributed by atoms with Crippen molar-refractivity contribution in [1.82, 2.24) is 14.1 Å². The number of nitrogens with one attached hydrogen (secondary N) is 1. The van der Waals surface area contributed by atoms with Gasteiger partial charge in [0.1, 0.15) is 6.04 Å². The monoisotopic (exact) mass is 412 g/mol. The molecule has 1 aromatic carbocycles. The van der Waals surface area contributed by atoms with Crippen molar-refractivity contribution >= 4 is 33.2 Å². The predicted molar refractivity (Wildman–Crippen MR) is 101 cm³/mol. The quantitative estimate of drug-likeness (QED) is 0.811. The third-order valence-corrected chi connectivity index (χ3v) is 6.74. The van der Waals surface area contributed by atoms with Crippen molar-refractivity contribution < 1.29 is 17.9 Å². The van der Waals surface area contributed by atoms with Crippen LogP contribution in [0.15, 0.2) is 35.4 Å². The summed E-state index contributed by atoms with van der Waals surface area (Å²) in [5, 5.41) is 7.36. The molecule has 0 spiro atoms. The Morgan fingerprint density at radius 1 is 1.26 bits per heavy atom. The van der Waals surface area contributed by atoms with Gasteiger partial charge < -0.3 is 10.1 Å². The number of ether oxygens (including phenoxy) is 1. The molecule has 0 radical (unpaired) electrons. The molecule has 1 saturated heterocycles. The molecule has 1 atom stereocenters. The van der Waals surface area contributed by atoms with Crippen LogP contribution in [0.25, 0.3) is 0 Å². The fraction of sp³-hybridized carbons (Fsp3) is 0.412. The number of anilines is 1. The molecular formula is C17H21ClN4O4S. The number of nitrogens with zero attached hydrogens (tertiary/aromatic N) is 3. The molecule has 0 saturated carbocycles. The molecule has 146 valence electrons. The zero-order valence-electron chi connectivity index (χ0n) is 15.1. The third kappa shape index (κ3) is 4.16. The van der Waals surface area contributed by atoms with Gasteiger partial charge in [0.15, 0.2) is 0 Å². The second-order valence-corrected chi connectivity index (χ2v) is 8.57. The Morgan fingerprint density at radius 3 is 2.44 bits per heavy atom. The average molecular weight is 413 g/mol. The van der Waals surface area contributed by atoms with Crippen molar-refractivity contribution in [3.8, 4) is 0 Å². The zero-order valence-corrected chi connectivity index (χ0v) is 16.6. The smallest absolute Gasteiger partial charge is 0.248 e. The standard InChI is InChI=1S/C17H21ClN4O4S/c1-12-16(18)11-19-22(12)13(2)17(23)20-14-3-5-15(6-4-14)27(24,25)21-7-9-26-10-8-21/h3-6,11,13H,7-10H2,1-2H3,(H,20,23). The Bertz CT molecular complexity index is 921. The molecule has 1 fully saturated rings. The first kappa shape index (κ1) is 19.8. The maximum Gasteiger partial charge on any atom is 0.248 e. The molecule has 1 aromatic heterocycles. The van der Waals surface area contributed by atoms with E-state index in [0.29, 0.717) is 42.7 Å². The zero-order chi connectivity index (χ0) is 19.6. The summed E-state index contributed by atoms with van der Waals surface area (Å²) >= 11 is 5.98. The minimum Gasteiger partial charge on any atom is -0.379 e. The Kier molecular flexibility index (Phi) is 5.85. The lowest BCUT2D eigenvalue weighted by Gasteiger charge is -2.26. The largest absolute Gasteiger partial charge is 0.379 e. The molecule has 1 N–H and O–H groups in total. The molecule has 27 heavy (non-hydrogen) atoms. The first-order valence-corrected chi connectivity index (χ1v) is 10.3. The molecule has 3 rings (SSSR count). The average Bonchev–Trinajstić information content (AvgIpc) is 3.01. The van der Waals surface area contributed by atoms with Crippen molar-refractivity contribution in [2.24, 2.45) is 0 Å². The van der Waals surface area contributed by atoms with Crippen molar-refractivity contribution in [1.29, 1.82) is 0 Å². The molecule has 1 aliphatic heterocycles. The van der Waals surface area contributed by atoms with E-state index in [0.717, 1.165) is 0 Å². The van der Waals surface area contributed by atoms with Gasteiger partial charge in [0.2, 0.25) is 15.9 Å². The number of carbonyl (C=O) groups excluding carboxylic acids is 1. The summed E-state index contributed by atoms with van der Waals surface area (Å²) in [7, 11) is -3.56. The molecule has 10 heteroatoms. The summed E-state index contributed by atoms with van der Waals surface area (Å²) in [6.45, 7) is 4.95. The van der Waals surface area contributed by atoms with Gasteiger partial charge in [-0.1, -0.05) is 11.6 Å². The van der Waals surface area contributed by atoms with E-state index >= 15 is 0 Å². The van der Waals surface area contributed by atoms with Gasteiger partial charge in [-0.3, -0.25) is 9.48 Å². The maximum atomic E-state index is 12.6. The van der Waals surface area contributed by atoms with Crippen molar-refractivity contribution in [2.75, 3.05) is 31.6 Å². The summed E-state index contributed by atoms with van der Waals surface area (Å²) in [5.41, 5.74) is 1.20. The first-order chi connectivity index (χ1) is 12.8. The lowest BCUT2D eigenvalue weighted by Crippen LogP contribution is -2.40. The number of aromatic nitrogens is 2. The van der Waals surface area contributed by atoms with Crippen LogP contribution in [0.2, 0.25) is 5.02 Å². The van der Waals surface area contributed by atoms with Crippen LogP contribution in [0.3, 0.4) is 0 Å². The van der Waals surface area contributed by atoms with Gasteiger partial charge in [0, 0.05) is 18.8 Å². The Balaban J connectivity index is 1.70.